The first-order valence-corrected chi connectivity index (χ1v) is 7.13. The number of halogens is 1. The summed E-state index contributed by atoms with van der Waals surface area (Å²) < 4.78 is 24.2. The van der Waals surface area contributed by atoms with Crippen molar-refractivity contribution in [1.29, 1.82) is 0 Å². The van der Waals surface area contributed by atoms with E-state index in [1.54, 1.807) is 19.2 Å². The minimum Gasteiger partial charge on any atom is -0.496 e. The maximum Gasteiger partial charge on any atom is 0.131 e. The second kappa shape index (κ2) is 8.19. The lowest BCUT2D eigenvalue weighted by Crippen LogP contribution is -2.37. The van der Waals surface area contributed by atoms with Crippen LogP contribution in [0, 0.1) is 5.82 Å². The quantitative estimate of drug-likeness (QED) is 0.771. The number of rotatable bonds is 7. The number of hydrogen-bond acceptors (Lipinski definition) is 4. The molecular formula is C15H23FN2O2. The first-order chi connectivity index (χ1) is 9.81. The average Bonchev–Trinajstić information content (AvgIpc) is 2.49. The maximum absolute atomic E-state index is 13.7. The molecule has 1 fully saturated rings. The van der Waals surface area contributed by atoms with E-state index >= 15 is 0 Å². The van der Waals surface area contributed by atoms with E-state index in [1.807, 2.05) is 0 Å². The van der Waals surface area contributed by atoms with Gasteiger partial charge in [-0.15, -0.1) is 0 Å². The van der Waals surface area contributed by atoms with E-state index in [0.29, 0.717) is 17.9 Å². The molecule has 0 saturated carbocycles. The van der Waals surface area contributed by atoms with Crippen LogP contribution in [0.25, 0.3) is 0 Å². The average molecular weight is 282 g/mol. The highest BCUT2D eigenvalue weighted by Crippen LogP contribution is 2.20. The standard InChI is InChI=1S/C15H23FN2O2/c1-19-15-5-2-4-14(16)13(15)12-17-6-3-7-18-8-10-20-11-9-18/h2,4-5,17H,3,6-12H2,1H3. The van der Waals surface area contributed by atoms with Gasteiger partial charge in [-0.25, -0.2) is 4.39 Å². The van der Waals surface area contributed by atoms with Crippen LogP contribution in [0.4, 0.5) is 4.39 Å². The summed E-state index contributed by atoms with van der Waals surface area (Å²) in [5.74, 6) is 0.385. The number of benzene rings is 1. The van der Waals surface area contributed by atoms with Gasteiger partial charge >= 0.3 is 0 Å². The summed E-state index contributed by atoms with van der Waals surface area (Å²) in [6.07, 6.45) is 1.05. The molecule has 1 aromatic rings. The van der Waals surface area contributed by atoms with Gasteiger partial charge in [0.05, 0.1) is 20.3 Å². The first-order valence-electron chi connectivity index (χ1n) is 7.13. The molecule has 0 unspecified atom stereocenters. The smallest absolute Gasteiger partial charge is 0.131 e. The highest BCUT2D eigenvalue weighted by atomic mass is 19.1. The van der Waals surface area contributed by atoms with Crippen LogP contribution in [0.15, 0.2) is 18.2 Å². The molecule has 0 aromatic heterocycles. The van der Waals surface area contributed by atoms with Crippen LogP contribution < -0.4 is 10.1 Å². The number of morpholine rings is 1. The fourth-order valence-electron chi connectivity index (χ4n) is 2.37. The first kappa shape index (κ1) is 15.2. The molecule has 1 N–H and O–H groups in total. The van der Waals surface area contributed by atoms with E-state index < -0.39 is 0 Å². The number of nitrogens with zero attached hydrogens (tertiary/aromatic N) is 1. The van der Waals surface area contributed by atoms with Gasteiger partial charge in [-0.2, -0.15) is 0 Å². The molecule has 1 aliphatic heterocycles. The monoisotopic (exact) mass is 282 g/mol. The molecular weight excluding hydrogens is 259 g/mol. The number of methoxy groups -OCH3 is 1. The Bertz CT molecular complexity index is 409. The van der Waals surface area contributed by atoms with Crippen LogP contribution in [-0.4, -0.2) is 51.4 Å². The van der Waals surface area contributed by atoms with Crippen molar-refractivity contribution in [3.63, 3.8) is 0 Å². The topological polar surface area (TPSA) is 33.7 Å². The second-order valence-electron chi connectivity index (χ2n) is 4.90. The number of hydrogen-bond donors (Lipinski definition) is 1. The summed E-state index contributed by atoms with van der Waals surface area (Å²) in [7, 11) is 1.57. The van der Waals surface area contributed by atoms with Gasteiger partial charge in [0, 0.05) is 25.2 Å². The molecule has 4 nitrogen and oxygen atoms in total. The molecule has 20 heavy (non-hydrogen) atoms. The van der Waals surface area contributed by atoms with E-state index in [2.05, 4.69) is 10.2 Å². The molecule has 1 heterocycles. The second-order valence-corrected chi connectivity index (χ2v) is 4.90. The van der Waals surface area contributed by atoms with Gasteiger partial charge in [0.2, 0.25) is 0 Å². The highest BCUT2D eigenvalue weighted by molar-refractivity contribution is 5.34. The summed E-state index contributed by atoms with van der Waals surface area (Å²) in [4.78, 5) is 2.40. The van der Waals surface area contributed by atoms with Crippen LogP contribution in [0.1, 0.15) is 12.0 Å². The van der Waals surface area contributed by atoms with Crippen LogP contribution in [0.3, 0.4) is 0 Å². The molecule has 0 spiro atoms. The van der Waals surface area contributed by atoms with Crippen molar-refractivity contribution < 1.29 is 13.9 Å². The normalized spacial score (nSPS) is 16.3. The zero-order chi connectivity index (χ0) is 14.2. The zero-order valence-electron chi connectivity index (χ0n) is 12.0. The Morgan fingerprint density at radius 1 is 1.35 bits per heavy atom. The van der Waals surface area contributed by atoms with E-state index in [9.17, 15) is 4.39 Å². The summed E-state index contributed by atoms with van der Waals surface area (Å²) in [5, 5.41) is 3.28. The Morgan fingerprint density at radius 3 is 2.90 bits per heavy atom. The van der Waals surface area contributed by atoms with Crippen molar-refractivity contribution >= 4 is 0 Å². The van der Waals surface area contributed by atoms with E-state index in [-0.39, 0.29) is 5.82 Å². The third-order valence-electron chi connectivity index (χ3n) is 3.53. The molecule has 0 bridgehead atoms. The molecule has 1 saturated heterocycles. The van der Waals surface area contributed by atoms with Crippen molar-refractivity contribution in [2.45, 2.75) is 13.0 Å². The Labute approximate surface area is 119 Å². The minimum atomic E-state index is -0.218. The van der Waals surface area contributed by atoms with E-state index in [0.717, 1.165) is 45.8 Å². The molecule has 112 valence electrons. The predicted molar refractivity (Wildman–Crippen MR) is 76.5 cm³/mol. The molecule has 1 aliphatic rings. The molecule has 0 radical (unpaired) electrons. The van der Waals surface area contributed by atoms with Crippen molar-refractivity contribution in [1.82, 2.24) is 10.2 Å². The molecule has 0 atom stereocenters. The van der Waals surface area contributed by atoms with Gasteiger partial charge in [0.1, 0.15) is 11.6 Å². The zero-order valence-corrected chi connectivity index (χ0v) is 12.0. The molecule has 5 heteroatoms. The Balaban J connectivity index is 1.68. The highest BCUT2D eigenvalue weighted by Gasteiger charge is 2.10. The van der Waals surface area contributed by atoms with Crippen LogP contribution in [-0.2, 0) is 11.3 Å². The summed E-state index contributed by atoms with van der Waals surface area (Å²) in [6, 6.07) is 4.91. The molecule has 1 aromatic carbocycles. The van der Waals surface area contributed by atoms with E-state index in [4.69, 9.17) is 9.47 Å². The largest absolute Gasteiger partial charge is 0.496 e. The van der Waals surface area contributed by atoms with Crippen LogP contribution >= 0.6 is 0 Å². The minimum absolute atomic E-state index is 0.218. The summed E-state index contributed by atoms with van der Waals surface area (Å²) in [6.45, 7) is 6.13. The fourth-order valence-corrected chi connectivity index (χ4v) is 2.37. The number of nitrogens with one attached hydrogen (secondary N) is 1. The lowest BCUT2D eigenvalue weighted by Gasteiger charge is -2.26. The van der Waals surface area contributed by atoms with Gasteiger partial charge in [-0.1, -0.05) is 6.07 Å². The van der Waals surface area contributed by atoms with Gasteiger partial charge < -0.3 is 14.8 Å². The van der Waals surface area contributed by atoms with Crippen molar-refractivity contribution in [3.05, 3.63) is 29.6 Å². The molecule has 0 aliphatic carbocycles. The Hall–Kier alpha value is -1.17. The van der Waals surface area contributed by atoms with Gasteiger partial charge in [0.15, 0.2) is 0 Å². The Morgan fingerprint density at radius 2 is 2.15 bits per heavy atom. The maximum atomic E-state index is 13.7. The number of ether oxygens (including phenoxy) is 2. The molecule has 2 rings (SSSR count). The third-order valence-corrected chi connectivity index (χ3v) is 3.53. The summed E-state index contributed by atoms with van der Waals surface area (Å²) in [5.41, 5.74) is 0.598. The van der Waals surface area contributed by atoms with E-state index in [1.165, 1.54) is 6.07 Å². The lowest BCUT2D eigenvalue weighted by molar-refractivity contribution is 0.0374. The molecule has 0 amide bonds. The van der Waals surface area contributed by atoms with Crippen LogP contribution in [0.5, 0.6) is 5.75 Å². The lowest BCUT2D eigenvalue weighted by atomic mass is 10.2. The summed E-state index contributed by atoms with van der Waals surface area (Å²) >= 11 is 0. The van der Waals surface area contributed by atoms with Crippen molar-refractivity contribution in [3.8, 4) is 5.75 Å². The van der Waals surface area contributed by atoms with Crippen LogP contribution in [0.2, 0.25) is 0 Å². The van der Waals surface area contributed by atoms with Gasteiger partial charge in [-0.3, -0.25) is 4.90 Å². The third kappa shape index (κ3) is 4.44. The SMILES string of the molecule is COc1cccc(F)c1CNCCCN1CCOCC1. The van der Waals surface area contributed by atoms with Crippen molar-refractivity contribution in [2.75, 3.05) is 46.5 Å². The fraction of sp³-hybridized carbons (Fsp3) is 0.600. The Kier molecular flexibility index (Phi) is 6.24. The van der Waals surface area contributed by atoms with Gasteiger partial charge in [-0.05, 0) is 31.6 Å². The van der Waals surface area contributed by atoms with Crippen molar-refractivity contribution in [2.24, 2.45) is 0 Å². The predicted octanol–water partition coefficient (Wildman–Crippen LogP) is 1.65. The van der Waals surface area contributed by atoms with Gasteiger partial charge in [0.25, 0.3) is 0 Å².